The van der Waals surface area contributed by atoms with Gasteiger partial charge in [-0.25, -0.2) is 0 Å². The van der Waals surface area contributed by atoms with E-state index in [1.807, 2.05) is 51.1 Å². The molecule has 1 aromatic rings. The van der Waals surface area contributed by atoms with Gasteiger partial charge in [0.15, 0.2) is 0 Å². The van der Waals surface area contributed by atoms with Crippen molar-refractivity contribution in [2.24, 2.45) is 5.41 Å². The third-order valence-corrected chi connectivity index (χ3v) is 2.75. The molecule has 1 unspecified atom stereocenters. The molecule has 0 aliphatic heterocycles. The standard InChI is InChI=1S/C11H16O.C5H12O2/c1-11(2,3)10(12)9-7-5-4-6-8-9;6-4-2-1-3-5-7/h4-8,10,12H,1-3H3;6-7H,1-5H2. The van der Waals surface area contributed by atoms with Crippen molar-refractivity contribution in [2.75, 3.05) is 13.2 Å². The summed E-state index contributed by atoms with van der Waals surface area (Å²) in [5.74, 6) is 0. The van der Waals surface area contributed by atoms with Gasteiger partial charge >= 0.3 is 0 Å². The van der Waals surface area contributed by atoms with Crippen molar-refractivity contribution in [3.8, 4) is 0 Å². The van der Waals surface area contributed by atoms with Crippen LogP contribution in [0.5, 0.6) is 0 Å². The van der Waals surface area contributed by atoms with E-state index in [0.29, 0.717) is 0 Å². The Morgan fingerprint density at radius 2 is 1.37 bits per heavy atom. The Morgan fingerprint density at radius 1 is 0.895 bits per heavy atom. The number of hydrogen-bond acceptors (Lipinski definition) is 3. The van der Waals surface area contributed by atoms with E-state index < -0.39 is 0 Å². The van der Waals surface area contributed by atoms with Crippen LogP contribution in [0.15, 0.2) is 30.3 Å². The summed E-state index contributed by atoms with van der Waals surface area (Å²) in [7, 11) is 0. The smallest absolute Gasteiger partial charge is 0.0838 e. The first kappa shape index (κ1) is 18.1. The molecule has 0 aliphatic rings. The normalized spacial score (nSPS) is 12.5. The van der Waals surface area contributed by atoms with Gasteiger partial charge in [-0.2, -0.15) is 0 Å². The maximum atomic E-state index is 9.86. The van der Waals surface area contributed by atoms with Crippen molar-refractivity contribution < 1.29 is 15.3 Å². The van der Waals surface area contributed by atoms with Crippen molar-refractivity contribution >= 4 is 0 Å². The molecule has 0 aliphatic carbocycles. The molecule has 1 rings (SSSR count). The van der Waals surface area contributed by atoms with Crippen molar-refractivity contribution in [3.05, 3.63) is 35.9 Å². The molecule has 0 radical (unpaired) electrons. The molecule has 3 N–H and O–H groups in total. The second-order valence-corrected chi connectivity index (χ2v) is 5.69. The van der Waals surface area contributed by atoms with Crippen molar-refractivity contribution in [2.45, 2.75) is 46.1 Å². The van der Waals surface area contributed by atoms with Crippen LogP contribution in [0.1, 0.15) is 51.7 Å². The van der Waals surface area contributed by atoms with Gasteiger partial charge in [-0.05, 0) is 30.2 Å². The molecule has 0 amide bonds. The summed E-state index contributed by atoms with van der Waals surface area (Å²) in [5.41, 5.74) is 0.909. The minimum Gasteiger partial charge on any atom is -0.396 e. The topological polar surface area (TPSA) is 60.7 Å². The largest absolute Gasteiger partial charge is 0.396 e. The summed E-state index contributed by atoms with van der Waals surface area (Å²) in [6.45, 7) is 6.60. The quantitative estimate of drug-likeness (QED) is 0.720. The lowest BCUT2D eigenvalue weighted by atomic mass is 9.85. The molecule has 3 nitrogen and oxygen atoms in total. The first-order valence-corrected chi connectivity index (χ1v) is 6.88. The van der Waals surface area contributed by atoms with E-state index in [9.17, 15) is 5.11 Å². The number of hydrogen-bond donors (Lipinski definition) is 3. The van der Waals surface area contributed by atoms with Gasteiger partial charge in [-0.3, -0.25) is 0 Å². The maximum absolute atomic E-state index is 9.86. The summed E-state index contributed by atoms with van der Waals surface area (Å²) < 4.78 is 0. The third-order valence-electron chi connectivity index (χ3n) is 2.75. The van der Waals surface area contributed by atoms with Crippen LogP contribution in [0.3, 0.4) is 0 Å². The fourth-order valence-corrected chi connectivity index (χ4v) is 1.54. The lowest BCUT2D eigenvalue weighted by Gasteiger charge is -2.25. The van der Waals surface area contributed by atoms with E-state index in [2.05, 4.69) is 0 Å². The first-order valence-electron chi connectivity index (χ1n) is 6.88. The number of rotatable bonds is 5. The van der Waals surface area contributed by atoms with Crippen molar-refractivity contribution in [1.82, 2.24) is 0 Å². The van der Waals surface area contributed by atoms with Gasteiger partial charge in [-0.1, -0.05) is 51.1 Å². The first-order chi connectivity index (χ1) is 8.93. The lowest BCUT2D eigenvalue weighted by Crippen LogP contribution is -2.17. The SMILES string of the molecule is CC(C)(C)C(O)c1ccccc1.OCCCCCO. The minimum absolute atomic E-state index is 0.0820. The van der Waals surface area contributed by atoms with Gasteiger partial charge in [0.05, 0.1) is 6.10 Å². The number of benzene rings is 1. The molecule has 3 heteroatoms. The maximum Gasteiger partial charge on any atom is 0.0838 e. The molecule has 0 heterocycles. The fourth-order valence-electron chi connectivity index (χ4n) is 1.54. The molecule has 19 heavy (non-hydrogen) atoms. The zero-order valence-corrected chi connectivity index (χ0v) is 12.3. The van der Waals surface area contributed by atoms with Crippen molar-refractivity contribution in [1.29, 1.82) is 0 Å². The van der Waals surface area contributed by atoms with Gasteiger partial charge < -0.3 is 15.3 Å². The number of aliphatic hydroxyl groups excluding tert-OH is 3. The van der Waals surface area contributed by atoms with E-state index in [1.165, 1.54) is 0 Å². The fraction of sp³-hybridized carbons (Fsp3) is 0.625. The zero-order valence-electron chi connectivity index (χ0n) is 12.3. The second-order valence-electron chi connectivity index (χ2n) is 5.69. The number of aliphatic hydroxyl groups is 3. The highest BCUT2D eigenvalue weighted by atomic mass is 16.3. The average Bonchev–Trinajstić information content (AvgIpc) is 2.39. The summed E-state index contributed by atoms with van der Waals surface area (Å²) in [5, 5.41) is 26.3. The Kier molecular flexibility index (Phi) is 9.48. The van der Waals surface area contributed by atoms with Crippen LogP contribution in [0.4, 0.5) is 0 Å². The predicted octanol–water partition coefficient (Wildman–Crippen LogP) is 2.91. The van der Waals surface area contributed by atoms with E-state index in [-0.39, 0.29) is 24.7 Å². The second kappa shape index (κ2) is 9.96. The third kappa shape index (κ3) is 8.76. The van der Waals surface area contributed by atoms with Crippen LogP contribution in [-0.4, -0.2) is 28.5 Å². The van der Waals surface area contributed by atoms with E-state index in [4.69, 9.17) is 10.2 Å². The highest BCUT2D eigenvalue weighted by Crippen LogP contribution is 2.31. The van der Waals surface area contributed by atoms with Gasteiger partial charge in [0.2, 0.25) is 0 Å². The summed E-state index contributed by atoms with van der Waals surface area (Å²) >= 11 is 0. The molecular weight excluding hydrogens is 240 g/mol. The Bertz CT molecular complexity index is 300. The Hall–Kier alpha value is -0.900. The molecule has 0 saturated heterocycles. The zero-order chi connectivity index (χ0) is 14.7. The molecule has 0 bridgehead atoms. The Labute approximate surface area is 116 Å². The molecule has 0 saturated carbocycles. The minimum atomic E-state index is -0.376. The van der Waals surface area contributed by atoms with Gasteiger partial charge in [0.25, 0.3) is 0 Å². The van der Waals surface area contributed by atoms with Crippen LogP contribution in [0.25, 0.3) is 0 Å². The highest BCUT2D eigenvalue weighted by molar-refractivity contribution is 5.18. The van der Waals surface area contributed by atoms with Crippen molar-refractivity contribution in [3.63, 3.8) is 0 Å². The molecule has 110 valence electrons. The molecule has 1 atom stereocenters. The Morgan fingerprint density at radius 3 is 1.74 bits per heavy atom. The van der Waals surface area contributed by atoms with Gasteiger partial charge in [0, 0.05) is 13.2 Å². The summed E-state index contributed by atoms with van der Waals surface area (Å²) in [6, 6.07) is 9.76. The van der Waals surface area contributed by atoms with E-state index in [1.54, 1.807) is 0 Å². The monoisotopic (exact) mass is 268 g/mol. The van der Waals surface area contributed by atoms with Crippen LogP contribution in [0, 0.1) is 5.41 Å². The van der Waals surface area contributed by atoms with E-state index in [0.717, 1.165) is 24.8 Å². The molecule has 0 aromatic heterocycles. The highest BCUT2D eigenvalue weighted by Gasteiger charge is 2.22. The molecule has 0 spiro atoms. The lowest BCUT2D eigenvalue weighted by molar-refractivity contribution is 0.0627. The molecule has 1 aromatic carbocycles. The van der Waals surface area contributed by atoms with Crippen LogP contribution < -0.4 is 0 Å². The average molecular weight is 268 g/mol. The van der Waals surface area contributed by atoms with Gasteiger partial charge in [0.1, 0.15) is 0 Å². The molecule has 0 fully saturated rings. The number of unbranched alkanes of at least 4 members (excludes halogenated alkanes) is 2. The summed E-state index contributed by atoms with van der Waals surface area (Å²) in [4.78, 5) is 0. The van der Waals surface area contributed by atoms with Gasteiger partial charge in [-0.15, -0.1) is 0 Å². The van der Waals surface area contributed by atoms with E-state index >= 15 is 0 Å². The van der Waals surface area contributed by atoms with Crippen LogP contribution in [-0.2, 0) is 0 Å². The predicted molar refractivity (Wildman–Crippen MR) is 78.9 cm³/mol. The van der Waals surface area contributed by atoms with Crippen LogP contribution in [0.2, 0.25) is 0 Å². The summed E-state index contributed by atoms with van der Waals surface area (Å²) in [6.07, 6.45) is 2.20. The Balaban J connectivity index is 0.000000399. The molecular formula is C16H28O3. The van der Waals surface area contributed by atoms with Crippen LogP contribution >= 0.6 is 0 Å².